The molecular weight excluding hydrogens is 351 g/mol. The van der Waals surface area contributed by atoms with Gasteiger partial charge in [-0.15, -0.1) is 0 Å². The van der Waals surface area contributed by atoms with E-state index in [2.05, 4.69) is 20.6 Å². The van der Waals surface area contributed by atoms with Crippen LogP contribution >= 0.6 is 23.2 Å². The van der Waals surface area contributed by atoms with Gasteiger partial charge in [-0.2, -0.15) is 0 Å². The van der Waals surface area contributed by atoms with Crippen molar-refractivity contribution in [3.8, 4) is 0 Å². The molecule has 8 heteroatoms. The first-order chi connectivity index (χ1) is 11.6. The quantitative estimate of drug-likeness (QED) is 0.844. The van der Waals surface area contributed by atoms with Crippen molar-refractivity contribution in [2.24, 2.45) is 0 Å². The van der Waals surface area contributed by atoms with Crippen LogP contribution in [0.15, 0.2) is 30.6 Å². The smallest absolute Gasteiger partial charge is 0.275 e. The molecule has 1 amide bonds. The van der Waals surface area contributed by atoms with Crippen LogP contribution in [-0.2, 0) is 4.74 Å². The molecule has 1 unspecified atom stereocenters. The first-order valence-electron chi connectivity index (χ1n) is 7.56. The molecule has 1 saturated heterocycles. The number of benzene rings is 1. The highest BCUT2D eigenvalue weighted by Gasteiger charge is 2.16. The van der Waals surface area contributed by atoms with Gasteiger partial charge >= 0.3 is 0 Å². The van der Waals surface area contributed by atoms with Gasteiger partial charge in [0.1, 0.15) is 11.5 Å². The molecule has 0 aliphatic carbocycles. The molecule has 1 aliphatic heterocycles. The summed E-state index contributed by atoms with van der Waals surface area (Å²) in [4.78, 5) is 20.5. The zero-order valence-electron chi connectivity index (χ0n) is 12.8. The van der Waals surface area contributed by atoms with E-state index in [1.54, 1.807) is 18.2 Å². The third-order valence-electron chi connectivity index (χ3n) is 3.62. The molecule has 24 heavy (non-hydrogen) atoms. The SMILES string of the molecule is O=C(Nc1c(Cl)cccc1Cl)c1cnc(NCC2CCCO2)cn1. The standard InChI is InChI=1S/C16H16Cl2N4O2/c17-11-4-1-5-12(18)15(11)22-16(23)13-8-21-14(9-19-13)20-7-10-3-2-6-24-10/h1,4-5,8-10H,2-3,6-7H2,(H,20,21)(H,22,23). The number of nitrogens with one attached hydrogen (secondary N) is 2. The van der Waals surface area contributed by atoms with Crippen molar-refractivity contribution in [2.75, 3.05) is 23.8 Å². The lowest BCUT2D eigenvalue weighted by Gasteiger charge is -2.11. The van der Waals surface area contributed by atoms with E-state index in [9.17, 15) is 4.79 Å². The molecule has 6 nitrogen and oxygen atoms in total. The lowest BCUT2D eigenvalue weighted by atomic mass is 10.2. The number of carbonyl (C=O) groups is 1. The summed E-state index contributed by atoms with van der Waals surface area (Å²) >= 11 is 12.1. The van der Waals surface area contributed by atoms with Crippen LogP contribution in [0.5, 0.6) is 0 Å². The van der Waals surface area contributed by atoms with Crippen LogP contribution in [0.2, 0.25) is 10.0 Å². The van der Waals surface area contributed by atoms with Gasteiger partial charge in [0.15, 0.2) is 0 Å². The maximum absolute atomic E-state index is 12.2. The van der Waals surface area contributed by atoms with Gasteiger partial charge in [0.2, 0.25) is 0 Å². The van der Waals surface area contributed by atoms with Gasteiger partial charge in [0.05, 0.1) is 34.2 Å². The van der Waals surface area contributed by atoms with Gasteiger partial charge < -0.3 is 15.4 Å². The first kappa shape index (κ1) is 17.0. The number of para-hydroxylation sites is 1. The Morgan fingerprint density at radius 1 is 1.25 bits per heavy atom. The van der Waals surface area contributed by atoms with Crippen molar-refractivity contribution in [3.63, 3.8) is 0 Å². The summed E-state index contributed by atoms with van der Waals surface area (Å²) in [5, 5.41) is 6.51. The Morgan fingerprint density at radius 3 is 2.67 bits per heavy atom. The van der Waals surface area contributed by atoms with E-state index in [0.29, 0.717) is 28.1 Å². The number of aromatic nitrogens is 2. The number of carbonyl (C=O) groups excluding carboxylic acids is 1. The molecule has 1 aromatic carbocycles. The van der Waals surface area contributed by atoms with Gasteiger partial charge in [-0.1, -0.05) is 29.3 Å². The number of halogens is 2. The van der Waals surface area contributed by atoms with Gasteiger partial charge in [-0.3, -0.25) is 4.79 Å². The average Bonchev–Trinajstić information content (AvgIpc) is 3.10. The van der Waals surface area contributed by atoms with Crippen molar-refractivity contribution < 1.29 is 9.53 Å². The number of rotatable bonds is 5. The fourth-order valence-corrected chi connectivity index (χ4v) is 2.85. The summed E-state index contributed by atoms with van der Waals surface area (Å²) in [5.41, 5.74) is 0.530. The summed E-state index contributed by atoms with van der Waals surface area (Å²) in [5.74, 6) is 0.168. The number of nitrogens with zero attached hydrogens (tertiary/aromatic N) is 2. The van der Waals surface area contributed by atoms with Crippen molar-refractivity contribution in [3.05, 3.63) is 46.3 Å². The van der Waals surface area contributed by atoms with Gasteiger partial charge in [0, 0.05) is 13.2 Å². The number of amides is 1. The molecule has 0 radical (unpaired) electrons. The lowest BCUT2D eigenvalue weighted by Crippen LogP contribution is -2.19. The predicted octanol–water partition coefficient (Wildman–Crippen LogP) is 3.63. The predicted molar refractivity (Wildman–Crippen MR) is 93.9 cm³/mol. The maximum Gasteiger partial charge on any atom is 0.275 e. The van der Waals surface area contributed by atoms with E-state index in [1.165, 1.54) is 12.4 Å². The minimum absolute atomic E-state index is 0.175. The monoisotopic (exact) mass is 366 g/mol. The van der Waals surface area contributed by atoms with Crippen molar-refractivity contribution in [1.82, 2.24) is 9.97 Å². The van der Waals surface area contributed by atoms with E-state index < -0.39 is 5.91 Å². The normalized spacial score (nSPS) is 16.8. The number of hydrogen-bond donors (Lipinski definition) is 2. The lowest BCUT2D eigenvalue weighted by molar-refractivity contribution is 0.102. The van der Waals surface area contributed by atoms with Crippen LogP contribution in [0.4, 0.5) is 11.5 Å². The molecular formula is C16H16Cl2N4O2. The van der Waals surface area contributed by atoms with Crippen LogP contribution in [-0.4, -0.2) is 35.1 Å². The van der Waals surface area contributed by atoms with Crippen LogP contribution in [0.1, 0.15) is 23.3 Å². The Morgan fingerprint density at radius 2 is 2.04 bits per heavy atom. The Bertz CT molecular complexity index is 698. The van der Waals surface area contributed by atoms with Crippen molar-refractivity contribution >= 4 is 40.6 Å². The number of ether oxygens (including phenoxy) is 1. The third kappa shape index (κ3) is 4.14. The van der Waals surface area contributed by atoms with E-state index in [1.807, 2.05) is 0 Å². The molecule has 1 atom stereocenters. The second kappa shape index (κ2) is 7.79. The molecule has 3 rings (SSSR count). The van der Waals surface area contributed by atoms with E-state index >= 15 is 0 Å². The average molecular weight is 367 g/mol. The molecule has 0 bridgehead atoms. The Labute approximate surface area is 149 Å². The van der Waals surface area contributed by atoms with Crippen molar-refractivity contribution in [1.29, 1.82) is 0 Å². The van der Waals surface area contributed by atoms with E-state index in [-0.39, 0.29) is 11.8 Å². The van der Waals surface area contributed by atoms with Gasteiger partial charge in [-0.25, -0.2) is 9.97 Å². The maximum atomic E-state index is 12.2. The highest BCUT2D eigenvalue weighted by atomic mass is 35.5. The second-order valence-electron chi connectivity index (χ2n) is 5.35. The highest BCUT2D eigenvalue weighted by Crippen LogP contribution is 2.30. The fraction of sp³-hybridized carbons (Fsp3) is 0.312. The minimum atomic E-state index is -0.428. The molecule has 0 saturated carbocycles. The Kier molecular flexibility index (Phi) is 5.50. The van der Waals surface area contributed by atoms with Gasteiger partial charge in [-0.05, 0) is 25.0 Å². The van der Waals surface area contributed by atoms with E-state index in [4.69, 9.17) is 27.9 Å². The summed E-state index contributed by atoms with van der Waals surface area (Å²) in [7, 11) is 0. The van der Waals surface area contributed by atoms with Gasteiger partial charge in [0.25, 0.3) is 5.91 Å². The molecule has 2 N–H and O–H groups in total. The summed E-state index contributed by atoms with van der Waals surface area (Å²) < 4.78 is 5.53. The number of hydrogen-bond acceptors (Lipinski definition) is 5. The second-order valence-corrected chi connectivity index (χ2v) is 6.17. The summed E-state index contributed by atoms with van der Waals surface area (Å²) in [6, 6.07) is 4.99. The van der Waals surface area contributed by atoms with Crippen molar-refractivity contribution in [2.45, 2.75) is 18.9 Å². The first-order valence-corrected chi connectivity index (χ1v) is 8.32. The molecule has 2 heterocycles. The van der Waals surface area contributed by atoms with Crippen LogP contribution < -0.4 is 10.6 Å². The third-order valence-corrected chi connectivity index (χ3v) is 4.25. The van der Waals surface area contributed by atoms with Crippen LogP contribution in [0.3, 0.4) is 0 Å². The number of anilines is 2. The fourth-order valence-electron chi connectivity index (χ4n) is 2.36. The molecule has 1 fully saturated rings. The topological polar surface area (TPSA) is 76.1 Å². The Hall–Kier alpha value is -1.89. The molecule has 1 aliphatic rings. The molecule has 126 valence electrons. The Balaban J connectivity index is 1.61. The minimum Gasteiger partial charge on any atom is -0.376 e. The zero-order chi connectivity index (χ0) is 16.9. The molecule has 2 aromatic rings. The summed E-state index contributed by atoms with van der Waals surface area (Å²) in [6.45, 7) is 1.48. The highest BCUT2D eigenvalue weighted by molar-refractivity contribution is 6.39. The molecule has 1 aromatic heterocycles. The van der Waals surface area contributed by atoms with Crippen LogP contribution in [0.25, 0.3) is 0 Å². The van der Waals surface area contributed by atoms with E-state index in [0.717, 1.165) is 19.4 Å². The van der Waals surface area contributed by atoms with Crippen LogP contribution in [0, 0.1) is 0 Å². The largest absolute Gasteiger partial charge is 0.376 e. The summed E-state index contributed by atoms with van der Waals surface area (Å²) in [6.07, 6.45) is 5.24. The molecule has 0 spiro atoms. The zero-order valence-corrected chi connectivity index (χ0v) is 14.3.